The van der Waals surface area contributed by atoms with E-state index < -0.39 is 12.2 Å². The molecule has 4 N–H and O–H groups in total. The van der Waals surface area contributed by atoms with E-state index in [1.807, 2.05) is 6.07 Å². The van der Waals surface area contributed by atoms with E-state index in [4.69, 9.17) is 9.47 Å². The first-order valence-corrected chi connectivity index (χ1v) is 9.18. The Hall–Kier alpha value is -3.30. The highest BCUT2D eigenvalue weighted by Gasteiger charge is 2.39. The molecule has 4 rings (SSSR count). The van der Waals surface area contributed by atoms with Gasteiger partial charge < -0.3 is 20.1 Å². The van der Waals surface area contributed by atoms with Crippen molar-refractivity contribution in [3.63, 3.8) is 0 Å². The molecule has 10 nitrogen and oxygen atoms in total. The summed E-state index contributed by atoms with van der Waals surface area (Å²) in [7, 11) is 0. The average Bonchev–Trinajstić information content (AvgIpc) is 3.26. The van der Waals surface area contributed by atoms with Gasteiger partial charge in [-0.25, -0.2) is 14.6 Å². The van der Waals surface area contributed by atoms with Gasteiger partial charge in [-0.1, -0.05) is 13.0 Å². The Morgan fingerprint density at radius 3 is 2.82 bits per heavy atom. The maximum atomic E-state index is 12.0. The van der Waals surface area contributed by atoms with Crippen LogP contribution in [0.5, 0.6) is 0 Å². The lowest BCUT2D eigenvalue weighted by molar-refractivity contribution is 0.0948. The molecule has 2 aliphatic rings. The number of aromatic amines is 1. The van der Waals surface area contributed by atoms with Gasteiger partial charge in [-0.2, -0.15) is 5.10 Å². The zero-order valence-electron chi connectivity index (χ0n) is 15.4. The van der Waals surface area contributed by atoms with Crippen LogP contribution in [0.25, 0.3) is 0 Å². The van der Waals surface area contributed by atoms with Crippen molar-refractivity contribution >= 4 is 29.6 Å². The predicted octanol–water partition coefficient (Wildman–Crippen LogP) is 2.65. The largest absolute Gasteiger partial charge is 0.447 e. The van der Waals surface area contributed by atoms with Crippen molar-refractivity contribution in [1.29, 1.82) is 0 Å². The standard InChI is InChI=1S/C18H22N6O4/c1-18-6-5-11(10-18)28-16(25)19-7-8-27-17(26)22-14-4-2-3-13(20-14)21-15-9-12(18)23-24-15/h2-4,9,11H,5-8,10H2,1H3,(H,19,25)(H3,20,21,22,23,24,26)/t11-,18+/m1/s1. The van der Waals surface area contributed by atoms with E-state index >= 15 is 0 Å². The maximum Gasteiger partial charge on any atom is 0.412 e. The van der Waals surface area contributed by atoms with E-state index in [9.17, 15) is 9.59 Å². The Morgan fingerprint density at radius 1 is 1.14 bits per heavy atom. The van der Waals surface area contributed by atoms with E-state index in [0.717, 1.165) is 18.5 Å². The number of amides is 2. The first-order chi connectivity index (χ1) is 13.5. The minimum Gasteiger partial charge on any atom is -0.447 e. The van der Waals surface area contributed by atoms with Crippen LogP contribution in [-0.4, -0.2) is 46.6 Å². The van der Waals surface area contributed by atoms with Gasteiger partial charge in [0.1, 0.15) is 24.3 Å². The number of anilines is 3. The number of H-pyrrole nitrogens is 1. The summed E-state index contributed by atoms with van der Waals surface area (Å²) in [5.41, 5.74) is 0.816. The number of rotatable bonds is 0. The highest BCUT2D eigenvalue weighted by atomic mass is 16.6. The summed E-state index contributed by atoms with van der Waals surface area (Å²) in [6.45, 7) is 2.32. The van der Waals surface area contributed by atoms with Crippen LogP contribution in [-0.2, 0) is 14.9 Å². The summed E-state index contributed by atoms with van der Waals surface area (Å²) >= 11 is 0. The molecular formula is C18H22N6O4. The molecule has 0 aromatic carbocycles. The molecular weight excluding hydrogens is 364 g/mol. The molecule has 1 aliphatic carbocycles. The van der Waals surface area contributed by atoms with E-state index in [-0.39, 0.29) is 24.7 Å². The highest BCUT2D eigenvalue weighted by Crippen LogP contribution is 2.41. The van der Waals surface area contributed by atoms with Crippen molar-refractivity contribution in [1.82, 2.24) is 20.5 Å². The summed E-state index contributed by atoms with van der Waals surface area (Å²) in [4.78, 5) is 28.1. The number of carbonyl (C=O) groups excluding carboxylic acids is 2. The molecule has 1 fully saturated rings. The van der Waals surface area contributed by atoms with Crippen molar-refractivity contribution in [2.75, 3.05) is 23.8 Å². The summed E-state index contributed by atoms with van der Waals surface area (Å²) in [6, 6.07) is 7.12. The first-order valence-electron chi connectivity index (χ1n) is 9.18. The number of nitrogens with one attached hydrogen (secondary N) is 4. The lowest BCUT2D eigenvalue weighted by Gasteiger charge is -2.22. The SMILES string of the molecule is C[C@]12CC[C@H](C1)OC(=O)NCCOC(=O)Nc1cccc(n1)Nc1cc2[nH]n1. The molecule has 6 bridgehead atoms. The molecule has 1 saturated carbocycles. The number of ether oxygens (including phenoxy) is 2. The number of carbonyl (C=O) groups is 2. The molecule has 1 aliphatic heterocycles. The second kappa shape index (κ2) is 7.37. The molecule has 2 aromatic rings. The fourth-order valence-corrected chi connectivity index (χ4v) is 3.56. The Morgan fingerprint density at radius 2 is 1.96 bits per heavy atom. The van der Waals surface area contributed by atoms with Gasteiger partial charge in [-0.15, -0.1) is 0 Å². The molecule has 0 saturated heterocycles. The predicted molar refractivity (Wildman–Crippen MR) is 101 cm³/mol. The summed E-state index contributed by atoms with van der Waals surface area (Å²) < 4.78 is 10.5. The fourth-order valence-electron chi connectivity index (χ4n) is 3.56. The topological polar surface area (TPSA) is 130 Å². The molecule has 2 atom stereocenters. The number of fused-ring (bicyclic) bond motifs is 7. The van der Waals surface area contributed by atoms with Crippen LogP contribution < -0.4 is 16.0 Å². The smallest absolute Gasteiger partial charge is 0.412 e. The monoisotopic (exact) mass is 386 g/mol. The summed E-state index contributed by atoms with van der Waals surface area (Å²) in [6.07, 6.45) is 1.01. The van der Waals surface area contributed by atoms with Gasteiger partial charge in [0.25, 0.3) is 0 Å². The lowest BCUT2D eigenvalue weighted by Crippen LogP contribution is -2.32. The Labute approximate surface area is 161 Å². The zero-order valence-corrected chi connectivity index (χ0v) is 15.4. The van der Waals surface area contributed by atoms with E-state index in [1.54, 1.807) is 18.2 Å². The Kier molecular flexibility index (Phi) is 4.76. The summed E-state index contributed by atoms with van der Waals surface area (Å²) in [5, 5.41) is 15.7. The number of alkyl carbamates (subject to hydrolysis) is 1. The third kappa shape index (κ3) is 4.00. The molecule has 0 unspecified atom stereocenters. The number of hydrogen-bond donors (Lipinski definition) is 4. The van der Waals surface area contributed by atoms with Crippen LogP contribution in [0.2, 0.25) is 0 Å². The van der Waals surface area contributed by atoms with Crippen molar-refractivity contribution < 1.29 is 19.1 Å². The van der Waals surface area contributed by atoms with Gasteiger partial charge in [0.15, 0.2) is 5.82 Å². The average molecular weight is 386 g/mol. The van der Waals surface area contributed by atoms with E-state index in [1.165, 1.54) is 0 Å². The maximum absolute atomic E-state index is 12.0. The second-order valence-corrected chi connectivity index (χ2v) is 7.22. The minimum absolute atomic E-state index is 0.0227. The Bertz CT molecular complexity index is 884. The van der Waals surface area contributed by atoms with Gasteiger partial charge in [0.05, 0.1) is 6.54 Å². The third-order valence-corrected chi connectivity index (χ3v) is 5.04. The molecule has 3 heterocycles. The molecule has 148 valence electrons. The van der Waals surface area contributed by atoms with E-state index in [2.05, 4.69) is 38.1 Å². The molecule has 28 heavy (non-hydrogen) atoms. The second-order valence-electron chi connectivity index (χ2n) is 7.22. The summed E-state index contributed by atoms with van der Waals surface area (Å²) in [5.74, 6) is 1.50. The quantitative estimate of drug-likeness (QED) is 0.547. The molecule has 0 radical (unpaired) electrons. The van der Waals surface area contributed by atoms with Gasteiger partial charge in [0, 0.05) is 17.2 Å². The highest BCUT2D eigenvalue weighted by molar-refractivity contribution is 5.83. The molecule has 2 amide bonds. The van der Waals surface area contributed by atoms with Crippen LogP contribution in [0, 0.1) is 0 Å². The van der Waals surface area contributed by atoms with Crippen molar-refractivity contribution in [2.24, 2.45) is 0 Å². The van der Waals surface area contributed by atoms with Crippen LogP contribution in [0.1, 0.15) is 31.9 Å². The van der Waals surface area contributed by atoms with E-state index in [0.29, 0.717) is 23.9 Å². The van der Waals surface area contributed by atoms with Crippen molar-refractivity contribution in [2.45, 2.75) is 37.7 Å². The number of hydrogen-bond acceptors (Lipinski definition) is 7. The minimum atomic E-state index is -0.658. The molecule has 10 heteroatoms. The normalized spacial score (nSPS) is 25.2. The van der Waals surface area contributed by atoms with Crippen LogP contribution in [0.3, 0.4) is 0 Å². The zero-order chi connectivity index (χ0) is 19.6. The number of pyridine rings is 1. The van der Waals surface area contributed by atoms with Gasteiger partial charge in [-0.05, 0) is 31.4 Å². The Balaban J connectivity index is 1.58. The van der Waals surface area contributed by atoms with Crippen molar-refractivity contribution in [3.05, 3.63) is 30.0 Å². The van der Waals surface area contributed by atoms with Crippen molar-refractivity contribution in [3.8, 4) is 0 Å². The van der Waals surface area contributed by atoms with Gasteiger partial charge in [0.2, 0.25) is 0 Å². The number of nitrogens with zero attached hydrogens (tertiary/aromatic N) is 2. The van der Waals surface area contributed by atoms with Crippen LogP contribution >= 0.6 is 0 Å². The van der Waals surface area contributed by atoms with Crippen LogP contribution in [0.15, 0.2) is 24.3 Å². The first kappa shape index (κ1) is 18.1. The fraction of sp³-hybridized carbons (Fsp3) is 0.444. The number of aromatic nitrogens is 3. The van der Waals surface area contributed by atoms with Gasteiger partial charge >= 0.3 is 12.2 Å². The van der Waals surface area contributed by atoms with Crippen LogP contribution in [0.4, 0.5) is 27.0 Å². The van der Waals surface area contributed by atoms with Gasteiger partial charge in [-0.3, -0.25) is 10.4 Å². The lowest BCUT2D eigenvalue weighted by atomic mass is 9.85. The third-order valence-electron chi connectivity index (χ3n) is 5.04. The molecule has 0 spiro atoms. The number of cyclic esters (lactones) is 1. The molecule has 2 aromatic heterocycles.